The summed E-state index contributed by atoms with van der Waals surface area (Å²) in [6, 6.07) is 14.3. The minimum atomic E-state index is -0.541. The van der Waals surface area contributed by atoms with Crippen LogP contribution in [0.5, 0.6) is 5.75 Å². The number of hydrogen-bond donors (Lipinski definition) is 1. The molecule has 1 N–H and O–H groups in total. The fourth-order valence-electron chi connectivity index (χ4n) is 3.21. The van der Waals surface area contributed by atoms with Gasteiger partial charge in [0.2, 0.25) is 0 Å². The minimum absolute atomic E-state index is 0.113. The maximum absolute atomic E-state index is 12.4. The van der Waals surface area contributed by atoms with Crippen LogP contribution >= 0.6 is 0 Å². The first-order chi connectivity index (χ1) is 13.5. The van der Waals surface area contributed by atoms with E-state index in [1.807, 2.05) is 32.0 Å². The topological polar surface area (TPSA) is 50.8 Å². The van der Waals surface area contributed by atoms with Crippen molar-refractivity contribution in [1.82, 2.24) is 10.2 Å². The number of benzene rings is 2. The molecule has 1 saturated heterocycles. The second-order valence-corrected chi connectivity index (χ2v) is 7.38. The Kier molecular flexibility index (Phi) is 7.06. The highest BCUT2D eigenvalue weighted by Crippen LogP contribution is 2.21. The van der Waals surface area contributed by atoms with Gasteiger partial charge >= 0.3 is 0 Å². The first kappa shape index (κ1) is 20.4. The smallest absolute Gasteiger partial charge is 0.261 e. The van der Waals surface area contributed by atoms with E-state index < -0.39 is 6.10 Å². The van der Waals surface area contributed by atoms with E-state index in [9.17, 15) is 4.79 Å². The molecule has 1 fully saturated rings. The zero-order valence-electron chi connectivity index (χ0n) is 17.0. The fraction of sp³-hybridized carbons (Fsp3) is 0.435. The molecule has 1 amide bonds. The fourth-order valence-corrected chi connectivity index (χ4v) is 3.21. The van der Waals surface area contributed by atoms with Crippen LogP contribution in [0.3, 0.4) is 0 Å². The van der Waals surface area contributed by atoms with Crippen LogP contribution in [-0.4, -0.2) is 43.2 Å². The van der Waals surface area contributed by atoms with E-state index in [1.165, 1.54) is 5.56 Å². The Balaban J connectivity index is 1.47. The monoisotopic (exact) mass is 382 g/mol. The minimum Gasteiger partial charge on any atom is -0.481 e. The third-order valence-electron chi connectivity index (χ3n) is 5.23. The molecule has 2 aromatic rings. The number of hydrogen-bond acceptors (Lipinski definition) is 4. The van der Waals surface area contributed by atoms with E-state index in [0.717, 1.165) is 55.3 Å². The van der Waals surface area contributed by atoms with Gasteiger partial charge in [-0.25, -0.2) is 0 Å². The van der Waals surface area contributed by atoms with Crippen LogP contribution in [0.25, 0.3) is 0 Å². The van der Waals surface area contributed by atoms with Gasteiger partial charge in [-0.2, -0.15) is 0 Å². The number of carbonyl (C=O) groups is 1. The summed E-state index contributed by atoms with van der Waals surface area (Å²) in [7, 11) is 0. The lowest BCUT2D eigenvalue weighted by Gasteiger charge is -2.26. The standard InChI is InChI=1S/C23H30N2O3/c1-17-5-4-6-22(18(17)2)28-19(3)23(26)24-15-20-7-9-21(10-8-20)16-25-11-13-27-14-12-25/h4-10,19H,11-16H2,1-3H3,(H,24,26)/t19-/m1/s1. The van der Waals surface area contributed by atoms with Gasteiger partial charge in [0.15, 0.2) is 6.10 Å². The van der Waals surface area contributed by atoms with Gasteiger partial charge in [0.25, 0.3) is 5.91 Å². The number of morpholine rings is 1. The molecule has 150 valence electrons. The highest BCUT2D eigenvalue weighted by molar-refractivity contribution is 5.80. The lowest BCUT2D eigenvalue weighted by molar-refractivity contribution is -0.127. The Morgan fingerprint density at radius 2 is 1.79 bits per heavy atom. The van der Waals surface area contributed by atoms with E-state index in [2.05, 4.69) is 34.5 Å². The van der Waals surface area contributed by atoms with Crippen LogP contribution in [0.15, 0.2) is 42.5 Å². The molecule has 1 aliphatic heterocycles. The summed E-state index contributed by atoms with van der Waals surface area (Å²) in [5.41, 5.74) is 4.59. The third-order valence-corrected chi connectivity index (χ3v) is 5.23. The average Bonchev–Trinajstić information content (AvgIpc) is 2.71. The molecule has 2 aromatic carbocycles. The van der Waals surface area contributed by atoms with Crippen LogP contribution in [0.2, 0.25) is 0 Å². The van der Waals surface area contributed by atoms with E-state index >= 15 is 0 Å². The van der Waals surface area contributed by atoms with E-state index in [4.69, 9.17) is 9.47 Å². The molecular formula is C23H30N2O3. The normalized spacial score (nSPS) is 15.8. The van der Waals surface area contributed by atoms with Gasteiger partial charge in [0.05, 0.1) is 13.2 Å². The number of amides is 1. The summed E-state index contributed by atoms with van der Waals surface area (Å²) in [5.74, 6) is 0.647. The highest BCUT2D eigenvalue weighted by Gasteiger charge is 2.16. The first-order valence-electron chi connectivity index (χ1n) is 9.91. The Morgan fingerprint density at radius 3 is 2.50 bits per heavy atom. The summed E-state index contributed by atoms with van der Waals surface area (Å²) in [6.07, 6.45) is -0.541. The van der Waals surface area contributed by atoms with Gasteiger partial charge in [0.1, 0.15) is 5.75 Å². The average molecular weight is 383 g/mol. The van der Waals surface area contributed by atoms with Gasteiger partial charge in [-0.05, 0) is 49.1 Å². The molecular weight excluding hydrogens is 352 g/mol. The van der Waals surface area contributed by atoms with Crippen molar-refractivity contribution < 1.29 is 14.3 Å². The Bertz CT molecular complexity index is 783. The van der Waals surface area contributed by atoms with Crippen molar-refractivity contribution in [2.24, 2.45) is 0 Å². The first-order valence-corrected chi connectivity index (χ1v) is 9.91. The maximum Gasteiger partial charge on any atom is 0.261 e. The molecule has 0 aromatic heterocycles. The van der Waals surface area contributed by atoms with Gasteiger partial charge < -0.3 is 14.8 Å². The number of rotatable bonds is 7. The molecule has 0 aliphatic carbocycles. The Labute approximate surface area is 167 Å². The summed E-state index contributed by atoms with van der Waals surface area (Å²) in [6.45, 7) is 10.9. The van der Waals surface area contributed by atoms with Gasteiger partial charge in [0, 0.05) is 26.2 Å². The number of nitrogens with zero attached hydrogens (tertiary/aromatic N) is 1. The summed E-state index contributed by atoms with van der Waals surface area (Å²) in [4.78, 5) is 14.8. The molecule has 0 unspecified atom stereocenters. The zero-order valence-corrected chi connectivity index (χ0v) is 17.0. The summed E-state index contributed by atoms with van der Waals surface area (Å²) >= 11 is 0. The van der Waals surface area contributed by atoms with Crippen molar-refractivity contribution >= 4 is 5.91 Å². The Hall–Kier alpha value is -2.37. The van der Waals surface area contributed by atoms with E-state index in [-0.39, 0.29) is 5.91 Å². The van der Waals surface area contributed by atoms with Gasteiger partial charge in [-0.15, -0.1) is 0 Å². The lowest BCUT2D eigenvalue weighted by Crippen LogP contribution is -2.36. The largest absolute Gasteiger partial charge is 0.481 e. The second-order valence-electron chi connectivity index (χ2n) is 7.38. The third kappa shape index (κ3) is 5.57. The molecule has 5 heteroatoms. The molecule has 0 spiro atoms. The van der Waals surface area contributed by atoms with Crippen LogP contribution < -0.4 is 10.1 Å². The molecule has 3 rings (SSSR count). The van der Waals surface area contributed by atoms with Crippen molar-refractivity contribution in [3.8, 4) is 5.75 Å². The molecule has 1 aliphatic rings. The van der Waals surface area contributed by atoms with Crippen molar-refractivity contribution in [3.63, 3.8) is 0 Å². The molecule has 0 bridgehead atoms. The van der Waals surface area contributed by atoms with Gasteiger partial charge in [-0.1, -0.05) is 36.4 Å². The summed E-state index contributed by atoms with van der Waals surface area (Å²) < 4.78 is 11.2. The maximum atomic E-state index is 12.4. The van der Waals surface area contributed by atoms with E-state index in [0.29, 0.717) is 6.54 Å². The van der Waals surface area contributed by atoms with Crippen LogP contribution in [0.4, 0.5) is 0 Å². The van der Waals surface area contributed by atoms with Crippen molar-refractivity contribution in [1.29, 1.82) is 0 Å². The molecule has 1 heterocycles. The quantitative estimate of drug-likeness (QED) is 0.799. The Morgan fingerprint density at radius 1 is 1.11 bits per heavy atom. The highest BCUT2D eigenvalue weighted by atomic mass is 16.5. The lowest BCUT2D eigenvalue weighted by atomic mass is 10.1. The van der Waals surface area contributed by atoms with Crippen molar-refractivity contribution in [2.45, 2.75) is 40.0 Å². The van der Waals surface area contributed by atoms with Crippen LogP contribution in [0, 0.1) is 13.8 Å². The number of aryl methyl sites for hydroxylation is 1. The van der Waals surface area contributed by atoms with Crippen LogP contribution in [0.1, 0.15) is 29.2 Å². The number of ether oxygens (including phenoxy) is 2. The second kappa shape index (κ2) is 9.71. The van der Waals surface area contributed by atoms with Crippen LogP contribution in [-0.2, 0) is 22.6 Å². The zero-order chi connectivity index (χ0) is 19.9. The van der Waals surface area contributed by atoms with Crippen molar-refractivity contribution in [3.05, 3.63) is 64.7 Å². The number of nitrogens with one attached hydrogen (secondary N) is 1. The molecule has 28 heavy (non-hydrogen) atoms. The van der Waals surface area contributed by atoms with Crippen molar-refractivity contribution in [2.75, 3.05) is 26.3 Å². The molecule has 0 radical (unpaired) electrons. The summed E-state index contributed by atoms with van der Waals surface area (Å²) in [5, 5.41) is 2.96. The number of carbonyl (C=O) groups excluding carboxylic acids is 1. The van der Waals surface area contributed by atoms with E-state index in [1.54, 1.807) is 6.92 Å². The predicted octanol–water partition coefficient (Wildman–Crippen LogP) is 3.22. The predicted molar refractivity (Wildman–Crippen MR) is 110 cm³/mol. The SMILES string of the molecule is Cc1cccc(O[C@H](C)C(=O)NCc2ccc(CN3CCOCC3)cc2)c1C. The molecule has 1 atom stereocenters. The van der Waals surface area contributed by atoms with Gasteiger partial charge in [-0.3, -0.25) is 9.69 Å². The molecule has 5 nitrogen and oxygen atoms in total. The molecule has 0 saturated carbocycles.